The number of aromatic nitrogens is 1. The van der Waals surface area contributed by atoms with Crippen molar-refractivity contribution in [2.24, 2.45) is 0 Å². The molecule has 0 aliphatic heterocycles. The Labute approximate surface area is 65.5 Å². The van der Waals surface area contributed by atoms with E-state index in [2.05, 4.69) is 4.98 Å². The predicted molar refractivity (Wildman–Crippen MR) is 42.7 cm³/mol. The van der Waals surface area contributed by atoms with Crippen LogP contribution in [0.5, 0.6) is 0 Å². The number of hydrogen-bond donors (Lipinski definition) is 1. The van der Waals surface area contributed by atoms with Crippen molar-refractivity contribution < 1.29 is 0 Å². The largest absolute Gasteiger partial charge is 0.397 e. The van der Waals surface area contributed by atoms with Crippen LogP contribution >= 0.6 is 0 Å². The van der Waals surface area contributed by atoms with E-state index in [1.807, 2.05) is 13.0 Å². The summed E-state index contributed by atoms with van der Waals surface area (Å²) in [4.78, 5) is 3.82. The van der Waals surface area contributed by atoms with Crippen LogP contribution in [0.1, 0.15) is 18.1 Å². The van der Waals surface area contributed by atoms with Crippen LogP contribution in [0.2, 0.25) is 0 Å². The molecule has 0 bridgehead atoms. The van der Waals surface area contributed by atoms with Crippen molar-refractivity contribution in [1.82, 2.24) is 4.98 Å². The third kappa shape index (κ3) is 1.30. The maximum Gasteiger partial charge on any atom is 0.101 e. The number of rotatable bonds is 1. The summed E-state index contributed by atoms with van der Waals surface area (Å²) in [5, 5.41) is 8.63. The van der Waals surface area contributed by atoms with Crippen LogP contribution in [0.15, 0.2) is 12.4 Å². The molecular formula is C8H9N3. The molecule has 0 saturated heterocycles. The molecule has 0 saturated carbocycles. The zero-order chi connectivity index (χ0) is 8.27. The minimum atomic E-state index is 0.576. The Morgan fingerprint density at radius 1 is 1.64 bits per heavy atom. The SMILES string of the molecule is CCc1c(N)cncc1C#N. The van der Waals surface area contributed by atoms with E-state index in [0.717, 1.165) is 12.0 Å². The standard InChI is InChI=1S/C8H9N3/c1-2-7-6(3-9)4-11-5-8(7)10/h4-5H,2,10H2,1H3. The van der Waals surface area contributed by atoms with Crippen molar-refractivity contribution in [2.75, 3.05) is 5.73 Å². The zero-order valence-corrected chi connectivity index (χ0v) is 6.33. The lowest BCUT2D eigenvalue weighted by molar-refractivity contribution is 1.11. The molecule has 0 aliphatic rings. The van der Waals surface area contributed by atoms with Crippen molar-refractivity contribution in [3.63, 3.8) is 0 Å². The van der Waals surface area contributed by atoms with Crippen LogP contribution in [-0.4, -0.2) is 4.98 Å². The van der Waals surface area contributed by atoms with Crippen molar-refractivity contribution in [3.05, 3.63) is 23.5 Å². The van der Waals surface area contributed by atoms with E-state index < -0.39 is 0 Å². The van der Waals surface area contributed by atoms with Crippen LogP contribution in [0, 0.1) is 11.3 Å². The second kappa shape index (κ2) is 3.02. The Morgan fingerprint density at radius 3 is 2.82 bits per heavy atom. The first-order valence-electron chi connectivity index (χ1n) is 3.42. The molecule has 0 fully saturated rings. The maximum atomic E-state index is 8.63. The molecule has 2 N–H and O–H groups in total. The van der Waals surface area contributed by atoms with Gasteiger partial charge in [-0.1, -0.05) is 6.92 Å². The molecule has 11 heavy (non-hydrogen) atoms. The van der Waals surface area contributed by atoms with Gasteiger partial charge in [0.05, 0.1) is 17.4 Å². The highest BCUT2D eigenvalue weighted by molar-refractivity contribution is 5.52. The number of anilines is 1. The van der Waals surface area contributed by atoms with Gasteiger partial charge in [-0.15, -0.1) is 0 Å². The first-order chi connectivity index (χ1) is 5.29. The molecule has 3 nitrogen and oxygen atoms in total. The topological polar surface area (TPSA) is 62.7 Å². The summed E-state index contributed by atoms with van der Waals surface area (Å²) >= 11 is 0. The monoisotopic (exact) mass is 147 g/mol. The van der Waals surface area contributed by atoms with Gasteiger partial charge in [-0.05, 0) is 12.0 Å². The van der Waals surface area contributed by atoms with E-state index in [1.165, 1.54) is 6.20 Å². The Morgan fingerprint density at radius 2 is 2.36 bits per heavy atom. The summed E-state index contributed by atoms with van der Waals surface area (Å²) in [5.41, 5.74) is 7.66. The summed E-state index contributed by atoms with van der Waals surface area (Å²) in [6.07, 6.45) is 3.88. The minimum absolute atomic E-state index is 0.576. The normalized spacial score (nSPS) is 9.09. The summed E-state index contributed by atoms with van der Waals surface area (Å²) < 4.78 is 0. The fourth-order valence-corrected chi connectivity index (χ4v) is 0.994. The van der Waals surface area contributed by atoms with E-state index in [-0.39, 0.29) is 0 Å². The fourth-order valence-electron chi connectivity index (χ4n) is 0.994. The molecule has 0 radical (unpaired) electrons. The van der Waals surface area contributed by atoms with E-state index in [0.29, 0.717) is 11.3 Å². The highest BCUT2D eigenvalue weighted by atomic mass is 14.7. The Kier molecular flexibility index (Phi) is 2.07. The van der Waals surface area contributed by atoms with Crippen molar-refractivity contribution in [2.45, 2.75) is 13.3 Å². The number of hydrogen-bond acceptors (Lipinski definition) is 3. The van der Waals surface area contributed by atoms with Crippen LogP contribution < -0.4 is 5.73 Å². The highest BCUT2D eigenvalue weighted by Gasteiger charge is 2.02. The Balaban J connectivity index is 3.27. The number of nitrogen functional groups attached to an aromatic ring is 1. The lowest BCUT2D eigenvalue weighted by Gasteiger charge is -2.01. The quantitative estimate of drug-likeness (QED) is 0.646. The average Bonchev–Trinajstić information content (AvgIpc) is 2.04. The molecular weight excluding hydrogens is 138 g/mol. The number of nitrogens with two attached hydrogens (primary N) is 1. The Hall–Kier alpha value is -1.56. The lowest BCUT2D eigenvalue weighted by Crippen LogP contribution is -1.97. The van der Waals surface area contributed by atoms with Gasteiger partial charge in [0, 0.05) is 6.20 Å². The van der Waals surface area contributed by atoms with Gasteiger partial charge in [0.2, 0.25) is 0 Å². The van der Waals surface area contributed by atoms with E-state index >= 15 is 0 Å². The second-order valence-electron chi connectivity index (χ2n) is 2.22. The van der Waals surface area contributed by atoms with Gasteiger partial charge in [-0.2, -0.15) is 5.26 Å². The average molecular weight is 147 g/mol. The highest BCUT2D eigenvalue weighted by Crippen LogP contribution is 2.14. The van der Waals surface area contributed by atoms with E-state index in [9.17, 15) is 0 Å². The summed E-state index contributed by atoms with van der Waals surface area (Å²) in [6, 6.07) is 2.04. The van der Waals surface area contributed by atoms with Gasteiger partial charge < -0.3 is 5.73 Å². The first kappa shape index (κ1) is 7.55. The molecule has 0 aromatic carbocycles. The second-order valence-corrected chi connectivity index (χ2v) is 2.22. The molecule has 56 valence electrons. The summed E-state index contributed by atoms with van der Waals surface area (Å²) in [5.74, 6) is 0. The minimum Gasteiger partial charge on any atom is -0.397 e. The van der Waals surface area contributed by atoms with Crippen LogP contribution in [0.25, 0.3) is 0 Å². The van der Waals surface area contributed by atoms with Crippen molar-refractivity contribution in [1.29, 1.82) is 5.26 Å². The van der Waals surface area contributed by atoms with E-state index in [1.54, 1.807) is 6.20 Å². The molecule has 0 atom stereocenters. The van der Waals surface area contributed by atoms with Gasteiger partial charge >= 0.3 is 0 Å². The van der Waals surface area contributed by atoms with E-state index in [4.69, 9.17) is 11.0 Å². The fraction of sp³-hybridized carbons (Fsp3) is 0.250. The third-order valence-corrected chi connectivity index (χ3v) is 1.56. The number of nitriles is 1. The first-order valence-corrected chi connectivity index (χ1v) is 3.42. The predicted octanol–water partition coefficient (Wildman–Crippen LogP) is 1.10. The van der Waals surface area contributed by atoms with Crippen molar-refractivity contribution in [3.8, 4) is 6.07 Å². The molecule has 3 heteroatoms. The van der Waals surface area contributed by atoms with Crippen molar-refractivity contribution >= 4 is 5.69 Å². The van der Waals surface area contributed by atoms with Gasteiger partial charge in [-0.25, -0.2) is 0 Å². The molecule has 0 unspecified atom stereocenters. The molecule has 0 amide bonds. The van der Waals surface area contributed by atoms with Crippen LogP contribution in [0.4, 0.5) is 5.69 Å². The summed E-state index contributed by atoms with van der Waals surface area (Å²) in [7, 11) is 0. The smallest absolute Gasteiger partial charge is 0.101 e. The molecule has 0 spiro atoms. The molecule has 0 aliphatic carbocycles. The van der Waals surface area contributed by atoms with Crippen LogP contribution in [0.3, 0.4) is 0 Å². The number of pyridine rings is 1. The maximum absolute atomic E-state index is 8.63. The molecule has 1 heterocycles. The number of nitrogens with zero attached hydrogens (tertiary/aromatic N) is 2. The summed E-state index contributed by atoms with van der Waals surface area (Å²) in [6.45, 7) is 1.96. The molecule has 1 aromatic rings. The van der Waals surface area contributed by atoms with Gasteiger partial charge in [-0.3, -0.25) is 4.98 Å². The van der Waals surface area contributed by atoms with Crippen LogP contribution in [-0.2, 0) is 6.42 Å². The Bertz CT molecular complexity index is 299. The van der Waals surface area contributed by atoms with Gasteiger partial charge in [0.1, 0.15) is 6.07 Å². The zero-order valence-electron chi connectivity index (χ0n) is 6.33. The van der Waals surface area contributed by atoms with Gasteiger partial charge in [0.15, 0.2) is 0 Å². The molecule has 1 rings (SSSR count). The third-order valence-electron chi connectivity index (χ3n) is 1.56. The molecule has 1 aromatic heterocycles. The lowest BCUT2D eigenvalue weighted by atomic mass is 10.1. The van der Waals surface area contributed by atoms with Gasteiger partial charge in [0.25, 0.3) is 0 Å².